The molecule has 0 N–H and O–H groups in total. The van der Waals surface area contributed by atoms with Crippen LogP contribution in [0.1, 0.15) is 5.56 Å². The predicted molar refractivity (Wildman–Crippen MR) is 108 cm³/mol. The number of fused-ring (bicyclic) bond motifs is 4. The molecule has 0 aliphatic carbocycles. The van der Waals surface area contributed by atoms with Crippen molar-refractivity contribution in [2.24, 2.45) is 7.05 Å². The van der Waals surface area contributed by atoms with Gasteiger partial charge >= 0.3 is 0 Å². The van der Waals surface area contributed by atoms with Crippen LogP contribution in [-0.4, -0.2) is 0 Å². The smallest absolute Gasteiger partial charge is 0.200 e. The van der Waals surface area contributed by atoms with Crippen LogP contribution in [0.4, 0.5) is 0 Å². The molecule has 1 nitrogen and oxygen atoms in total. The highest BCUT2D eigenvalue weighted by molar-refractivity contribution is 7.26. The van der Waals surface area contributed by atoms with Gasteiger partial charge < -0.3 is 0 Å². The summed E-state index contributed by atoms with van der Waals surface area (Å²) in [4.78, 5) is 0. The third-order valence-corrected chi connectivity index (χ3v) is 6.22. The second kappa shape index (κ2) is 5.40. The van der Waals surface area contributed by atoms with Crippen LogP contribution in [0.5, 0.6) is 0 Å². The molecule has 0 fully saturated rings. The normalized spacial score (nSPS) is 11.6. The van der Waals surface area contributed by atoms with E-state index in [-0.39, 0.29) is 0 Å². The van der Waals surface area contributed by atoms with Gasteiger partial charge in [0.15, 0.2) is 6.20 Å². The first-order chi connectivity index (χ1) is 12.2. The molecule has 0 saturated carbocycles. The monoisotopic (exact) mass is 340 g/mol. The first-order valence-electron chi connectivity index (χ1n) is 8.52. The molecule has 0 amide bonds. The maximum atomic E-state index is 2.32. The lowest BCUT2D eigenvalue weighted by Gasteiger charge is -2.07. The second-order valence-electron chi connectivity index (χ2n) is 6.63. The minimum Gasteiger partial charge on any atom is -0.200 e. The summed E-state index contributed by atoms with van der Waals surface area (Å²) in [6.07, 6.45) is 2.23. The lowest BCUT2D eigenvalue weighted by molar-refractivity contribution is -0.659. The average molecular weight is 340 g/mol. The Labute approximate surface area is 150 Å². The molecule has 3 aromatic carbocycles. The van der Waals surface area contributed by atoms with E-state index in [1.807, 2.05) is 11.3 Å². The molecule has 0 unspecified atom stereocenters. The van der Waals surface area contributed by atoms with Gasteiger partial charge in [0.25, 0.3) is 0 Å². The number of aryl methyl sites for hydroxylation is 2. The molecule has 2 heteroatoms. The highest BCUT2D eigenvalue weighted by Gasteiger charge is 2.19. The number of thiophene rings is 1. The van der Waals surface area contributed by atoms with E-state index >= 15 is 0 Å². The maximum Gasteiger partial charge on any atom is 0.214 e. The summed E-state index contributed by atoms with van der Waals surface area (Å²) in [5.41, 5.74) is 3.95. The fourth-order valence-electron chi connectivity index (χ4n) is 3.74. The van der Waals surface area contributed by atoms with Crippen molar-refractivity contribution in [1.82, 2.24) is 0 Å². The highest BCUT2D eigenvalue weighted by Crippen LogP contribution is 2.40. The zero-order chi connectivity index (χ0) is 17.0. The summed E-state index contributed by atoms with van der Waals surface area (Å²) in [6, 6.07) is 24.1. The zero-order valence-corrected chi connectivity index (χ0v) is 15.1. The molecule has 5 aromatic rings. The Hall–Kier alpha value is -2.71. The summed E-state index contributed by atoms with van der Waals surface area (Å²) in [6.45, 7) is 2.22. The Morgan fingerprint density at radius 3 is 2.44 bits per heavy atom. The lowest BCUT2D eigenvalue weighted by atomic mass is 9.99. The largest absolute Gasteiger partial charge is 0.214 e. The third kappa shape index (κ3) is 2.18. The quantitative estimate of drug-likeness (QED) is 0.329. The molecule has 0 radical (unpaired) electrons. The van der Waals surface area contributed by atoms with E-state index in [0.717, 1.165) is 0 Å². The van der Waals surface area contributed by atoms with Crippen molar-refractivity contribution >= 4 is 42.3 Å². The summed E-state index contributed by atoms with van der Waals surface area (Å²) in [5, 5.41) is 5.27. The van der Waals surface area contributed by atoms with Gasteiger partial charge in [0.05, 0.1) is 5.56 Å². The van der Waals surface area contributed by atoms with Crippen molar-refractivity contribution < 1.29 is 4.57 Å². The van der Waals surface area contributed by atoms with Crippen molar-refractivity contribution in [3.05, 3.63) is 78.5 Å². The minimum absolute atomic E-state index is 1.27. The first-order valence-corrected chi connectivity index (χ1v) is 9.34. The predicted octanol–water partition coefficient (Wildman–Crippen LogP) is 6.01. The van der Waals surface area contributed by atoms with Crippen LogP contribution < -0.4 is 4.57 Å². The van der Waals surface area contributed by atoms with Crippen molar-refractivity contribution in [3.8, 4) is 11.3 Å². The molecule has 0 aliphatic rings. The molecule has 0 saturated heterocycles. The maximum absolute atomic E-state index is 2.32. The van der Waals surface area contributed by atoms with Crippen LogP contribution in [0.25, 0.3) is 42.2 Å². The minimum atomic E-state index is 1.27. The Balaban J connectivity index is 1.92. The number of hydrogen-bond acceptors (Lipinski definition) is 1. The highest BCUT2D eigenvalue weighted by atomic mass is 32.1. The summed E-state index contributed by atoms with van der Waals surface area (Å²) in [5.74, 6) is 0. The van der Waals surface area contributed by atoms with Gasteiger partial charge in [-0.2, -0.15) is 0 Å². The van der Waals surface area contributed by atoms with Gasteiger partial charge in [-0.05, 0) is 30.0 Å². The number of aromatic nitrogens is 1. The van der Waals surface area contributed by atoms with Gasteiger partial charge in [-0.3, -0.25) is 0 Å². The number of pyridine rings is 1. The molecule has 0 spiro atoms. The van der Waals surface area contributed by atoms with Crippen LogP contribution in [0.2, 0.25) is 0 Å². The Kier molecular flexibility index (Phi) is 3.16. The van der Waals surface area contributed by atoms with Crippen LogP contribution in [-0.2, 0) is 7.05 Å². The van der Waals surface area contributed by atoms with E-state index in [2.05, 4.69) is 91.5 Å². The van der Waals surface area contributed by atoms with Crippen molar-refractivity contribution in [2.75, 3.05) is 0 Å². The van der Waals surface area contributed by atoms with Gasteiger partial charge in [-0.25, -0.2) is 4.57 Å². The Bertz CT molecular complexity index is 1260. The Morgan fingerprint density at radius 1 is 0.800 bits per heavy atom. The molecule has 2 aromatic heterocycles. The van der Waals surface area contributed by atoms with Crippen LogP contribution in [0, 0.1) is 6.92 Å². The summed E-state index contributed by atoms with van der Waals surface area (Å²) in [7, 11) is 2.15. The standard InChI is InChI=1S/C23H18NS/c1-15-11-12-19-18-9-5-6-10-21(18)25-23(19)22(15)20-13-16-7-3-4-8-17(16)14-24(20)2/h3-14H,1-2H3/q+1. The number of nitrogens with zero attached hydrogens (tertiary/aromatic N) is 1. The molecular formula is C23H18NS+. The van der Waals surface area contributed by atoms with Crippen LogP contribution in [0.3, 0.4) is 0 Å². The fraction of sp³-hybridized carbons (Fsp3) is 0.0870. The average Bonchev–Trinajstić information content (AvgIpc) is 3.00. The Morgan fingerprint density at radius 2 is 1.56 bits per heavy atom. The van der Waals surface area contributed by atoms with Crippen molar-refractivity contribution in [3.63, 3.8) is 0 Å². The van der Waals surface area contributed by atoms with Crippen molar-refractivity contribution in [1.29, 1.82) is 0 Å². The molecule has 0 aliphatic heterocycles. The van der Waals surface area contributed by atoms with Gasteiger partial charge in [-0.1, -0.05) is 48.5 Å². The summed E-state index contributed by atoms with van der Waals surface area (Å²) < 4.78 is 4.99. The molecular weight excluding hydrogens is 322 g/mol. The van der Waals surface area contributed by atoms with Gasteiger partial charge in [0.1, 0.15) is 7.05 Å². The van der Waals surface area contributed by atoms with Gasteiger partial charge in [0, 0.05) is 31.6 Å². The molecule has 120 valence electrons. The zero-order valence-electron chi connectivity index (χ0n) is 14.3. The van der Waals surface area contributed by atoms with Gasteiger partial charge in [-0.15, -0.1) is 11.3 Å². The molecule has 5 rings (SSSR count). The lowest BCUT2D eigenvalue weighted by Crippen LogP contribution is -2.30. The summed E-state index contributed by atoms with van der Waals surface area (Å²) >= 11 is 1.90. The molecule has 2 heterocycles. The fourth-order valence-corrected chi connectivity index (χ4v) is 5.05. The van der Waals surface area contributed by atoms with E-state index in [9.17, 15) is 0 Å². The van der Waals surface area contributed by atoms with Crippen LogP contribution in [0.15, 0.2) is 72.9 Å². The SMILES string of the molecule is Cc1ccc2c(sc3ccccc32)c1-c1cc2ccccc2c[n+]1C. The van der Waals surface area contributed by atoms with E-state index in [1.165, 1.54) is 47.8 Å². The van der Waals surface area contributed by atoms with E-state index in [4.69, 9.17) is 0 Å². The first kappa shape index (κ1) is 14.6. The van der Waals surface area contributed by atoms with Gasteiger partial charge in [0.2, 0.25) is 5.69 Å². The number of rotatable bonds is 1. The topological polar surface area (TPSA) is 3.88 Å². The van der Waals surface area contributed by atoms with E-state index in [1.54, 1.807) is 0 Å². The number of benzene rings is 3. The van der Waals surface area contributed by atoms with Crippen molar-refractivity contribution in [2.45, 2.75) is 6.92 Å². The molecule has 25 heavy (non-hydrogen) atoms. The van der Waals surface area contributed by atoms with E-state index < -0.39 is 0 Å². The van der Waals surface area contributed by atoms with E-state index in [0.29, 0.717) is 0 Å². The second-order valence-corrected chi connectivity index (χ2v) is 7.68. The molecule has 0 atom stereocenters. The third-order valence-electron chi connectivity index (χ3n) is 5.01. The molecule has 0 bridgehead atoms. The van der Waals surface area contributed by atoms with Crippen LogP contribution >= 0.6 is 11.3 Å². The number of hydrogen-bond donors (Lipinski definition) is 0.